The van der Waals surface area contributed by atoms with Crippen LogP contribution >= 0.6 is 0 Å². The van der Waals surface area contributed by atoms with Gasteiger partial charge in [-0.25, -0.2) is 4.39 Å². The van der Waals surface area contributed by atoms with E-state index < -0.39 is 5.54 Å². The smallest absolute Gasteiger partial charge is 0.240 e. The molecule has 0 saturated carbocycles. The molecule has 1 aromatic rings. The van der Waals surface area contributed by atoms with Crippen molar-refractivity contribution in [1.29, 1.82) is 0 Å². The average molecular weight is 250 g/mol. The first-order valence-electron chi connectivity index (χ1n) is 6.33. The summed E-state index contributed by atoms with van der Waals surface area (Å²) >= 11 is 0. The molecule has 1 unspecified atom stereocenters. The minimum absolute atomic E-state index is 0.0109. The van der Waals surface area contributed by atoms with Crippen LogP contribution in [0.5, 0.6) is 0 Å². The number of hydrogen-bond acceptors (Lipinski definition) is 2. The first-order chi connectivity index (χ1) is 8.51. The van der Waals surface area contributed by atoms with Crippen LogP contribution in [-0.4, -0.2) is 18.0 Å². The molecule has 98 valence electrons. The third-order valence-corrected chi connectivity index (χ3v) is 3.59. The SMILES string of the molecule is C[C@H](NC(=O)C1(C)CCCN1)c1ccc(F)cc1. The fourth-order valence-corrected chi connectivity index (χ4v) is 2.28. The van der Waals surface area contributed by atoms with E-state index in [1.54, 1.807) is 12.1 Å². The van der Waals surface area contributed by atoms with E-state index in [-0.39, 0.29) is 17.8 Å². The van der Waals surface area contributed by atoms with Gasteiger partial charge in [0.15, 0.2) is 0 Å². The second-order valence-electron chi connectivity index (χ2n) is 5.11. The predicted octanol–water partition coefficient (Wildman–Crippen LogP) is 2.14. The predicted molar refractivity (Wildman–Crippen MR) is 68.6 cm³/mol. The molecule has 1 aromatic carbocycles. The van der Waals surface area contributed by atoms with Crippen molar-refractivity contribution < 1.29 is 9.18 Å². The van der Waals surface area contributed by atoms with Crippen LogP contribution < -0.4 is 10.6 Å². The molecule has 2 atom stereocenters. The third-order valence-electron chi connectivity index (χ3n) is 3.59. The summed E-state index contributed by atoms with van der Waals surface area (Å²) in [6, 6.07) is 6.11. The maximum atomic E-state index is 12.8. The van der Waals surface area contributed by atoms with Crippen molar-refractivity contribution in [3.05, 3.63) is 35.6 Å². The lowest BCUT2D eigenvalue weighted by Crippen LogP contribution is -2.51. The van der Waals surface area contributed by atoms with Gasteiger partial charge in [0.05, 0.1) is 11.6 Å². The quantitative estimate of drug-likeness (QED) is 0.863. The molecular weight excluding hydrogens is 231 g/mol. The lowest BCUT2D eigenvalue weighted by molar-refractivity contribution is -0.127. The number of benzene rings is 1. The minimum atomic E-state index is -0.464. The molecule has 1 saturated heterocycles. The van der Waals surface area contributed by atoms with Crippen molar-refractivity contribution in [3.8, 4) is 0 Å². The Morgan fingerprint density at radius 2 is 2.11 bits per heavy atom. The molecule has 3 nitrogen and oxygen atoms in total. The highest BCUT2D eigenvalue weighted by atomic mass is 19.1. The van der Waals surface area contributed by atoms with Crippen LogP contribution in [0.15, 0.2) is 24.3 Å². The molecule has 1 aliphatic heterocycles. The monoisotopic (exact) mass is 250 g/mol. The van der Waals surface area contributed by atoms with E-state index in [0.29, 0.717) is 0 Å². The van der Waals surface area contributed by atoms with Crippen LogP contribution in [0.25, 0.3) is 0 Å². The zero-order valence-electron chi connectivity index (χ0n) is 10.8. The van der Waals surface area contributed by atoms with E-state index in [1.165, 1.54) is 12.1 Å². The molecule has 0 radical (unpaired) electrons. The molecular formula is C14H19FN2O. The Morgan fingerprint density at radius 3 is 2.67 bits per heavy atom. The molecule has 1 aliphatic rings. The molecule has 0 aliphatic carbocycles. The highest BCUT2D eigenvalue weighted by molar-refractivity contribution is 5.86. The number of rotatable bonds is 3. The van der Waals surface area contributed by atoms with E-state index in [1.807, 2.05) is 13.8 Å². The highest BCUT2D eigenvalue weighted by Crippen LogP contribution is 2.21. The summed E-state index contributed by atoms with van der Waals surface area (Å²) in [5.74, 6) is -0.251. The molecule has 2 rings (SSSR count). The number of hydrogen-bond donors (Lipinski definition) is 2. The molecule has 1 amide bonds. The molecule has 1 heterocycles. The number of amides is 1. The van der Waals surface area contributed by atoms with E-state index >= 15 is 0 Å². The second kappa shape index (κ2) is 5.06. The number of nitrogens with one attached hydrogen (secondary N) is 2. The van der Waals surface area contributed by atoms with Gasteiger partial charge in [-0.15, -0.1) is 0 Å². The van der Waals surface area contributed by atoms with Gasteiger partial charge in [0, 0.05) is 0 Å². The fourth-order valence-electron chi connectivity index (χ4n) is 2.28. The maximum Gasteiger partial charge on any atom is 0.240 e. The van der Waals surface area contributed by atoms with E-state index in [4.69, 9.17) is 0 Å². The van der Waals surface area contributed by atoms with Gasteiger partial charge in [-0.2, -0.15) is 0 Å². The molecule has 1 fully saturated rings. The zero-order valence-corrected chi connectivity index (χ0v) is 10.8. The summed E-state index contributed by atoms with van der Waals surface area (Å²) in [7, 11) is 0. The van der Waals surface area contributed by atoms with Gasteiger partial charge in [-0.3, -0.25) is 4.79 Å². The van der Waals surface area contributed by atoms with Gasteiger partial charge in [-0.1, -0.05) is 12.1 Å². The van der Waals surface area contributed by atoms with Crippen molar-refractivity contribution in [1.82, 2.24) is 10.6 Å². The van der Waals surface area contributed by atoms with Gasteiger partial charge in [0.2, 0.25) is 5.91 Å². The Morgan fingerprint density at radius 1 is 1.44 bits per heavy atom. The lowest BCUT2D eigenvalue weighted by atomic mass is 9.98. The van der Waals surface area contributed by atoms with Crippen molar-refractivity contribution >= 4 is 5.91 Å². The largest absolute Gasteiger partial charge is 0.348 e. The number of carbonyl (C=O) groups is 1. The number of halogens is 1. The Kier molecular flexibility index (Phi) is 3.66. The van der Waals surface area contributed by atoms with E-state index in [9.17, 15) is 9.18 Å². The fraction of sp³-hybridized carbons (Fsp3) is 0.500. The zero-order chi connectivity index (χ0) is 13.2. The summed E-state index contributed by atoms with van der Waals surface area (Å²) < 4.78 is 12.8. The van der Waals surface area contributed by atoms with Crippen molar-refractivity contribution in [2.24, 2.45) is 0 Å². The molecule has 2 N–H and O–H groups in total. The molecule has 0 spiro atoms. The Bertz CT molecular complexity index is 424. The summed E-state index contributed by atoms with van der Waals surface area (Å²) in [6.07, 6.45) is 1.88. The van der Waals surface area contributed by atoms with Crippen LogP contribution in [0.2, 0.25) is 0 Å². The lowest BCUT2D eigenvalue weighted by Gasteiger charge is -2.25. The molecule has 18 heavy (non-hydrogen) atoms. The van der Waals surface area contributed by atoms with Crippen LogP contribution in [0.1, 0.15) is 38.3 Å². The van der Waals surface area contributed by atoms with Crippen LogP contribution in [0.4, 0.5) is 4.39 Å². The Balaban J connectivity index is 2.00. The molecule has 0 aromatic heterocycles. The summed E-state index contributed by atoms with van der Waals surface area (Å²) in [6.45, 7) is 4.71. The van der Waals surface area contributed by atoms with Crippen molar-refractivity contribution in [2.75, 3.05) is 6.54 Å². The van der Waals surface area contributed by atoms with Crippen LogP contribution in [0, 0.1) is 5.82 Å². The van der Waals surface area contributed by atoms with Gasteiger partial charge in [0.1, 0.15) is 5.82 Å². The minimum Gasteiger partial charge on any atom is -0.348 e. The summed E-state index contributed by atoms with van der Waals surface area (Å²) in [4.78, 5) is 12.2. The van der Waals surface area contributed by atoms with Gasteiger partial charge in [-0.05, 0) is 50.9 Å². The third kappa shape index (κ3) is 2.70. The normalized spacial score (nSPS) is 24.8. The standard InChI is InChI=1S/C14H19FN2O/c1-10(11-4-6-12(15)7-5-11)17-13(18)14(2)8-3-9-16-14/h4-7,10,16H,3,8-9H2,1-2H3,(H,17,18)/t10-,14?/m0/s1. The van der Waals surface area contributed by atoms with Gasteiger partial charge >= 0.3 is 0 Å². The van der Waals surface area contributed by atoms with Crippen LogP contribution in [0.3, 0.4) is 0 Å². The van der Waals surface area contributed by atoms with Crippen molar-refractivity contribution in [3.63, 3.8) is 0 Å². The molecule has 4 heteroatoms. The Labute approximate surface area is 107 Å². The van der Waals surface area contributed by atoms with Crippen molar-refractivity contribution in [2.45, 2.75) is 38.3 Å². The first kappa shape index (κ1) is 13.0. The Hall–Kier alpha value is -1.42. The molecule has 0 bridgehead atoms. The average Bonchev–Trinajstić information content (AvgIpc) is 2.78. The van der Waals surface area contributed by atoms with Crippen LogP contribution in [-0.2, 0) is 4.79 Å². The van der Waals surface area contributed by atoms with E-state index in [0.717, 1.165) is 24.9 Å². The number of carbonyl (C=O) groups excluding carboxylic acids is 1. The summed E-state index contributed by atoms with van der Waals surface area (Å²) in [5, 5.41) is 6.20. The summed E-state index contributed by atoms with van der Waals surface area (Å²) in [5.41, 5.74) is 0.445. The maximum absolute atomic E-state index is 12.8. The first-order valence-corrected chi connectivity index (χ1v) is 6.33. The second-order valence-corrected chi connectivity index (χ2v) is 5.11. The van der Waals surface area contributed by atoms with Gasteiger partial charge in [0.25, 0.3) is 0 Å². The topological polar surface area (TPSA) is 41.1 Å². The highest BCUT2D eigenvalue weighted by Gasteiger charge is 2.36. The van der Waals surface area contributed by atoms with Gasteiger partial charge < -0.3 is 10.6 Å². The van der Waals surface area contributed by atoms with E-state index in [2.05, 4.69) is 10.6 Å².